The normalized spacial score (nSPS) is 19.4. The predicted octanol–water partition coefficient (Wildman–Crippen LogP) is 4.32. The Morgan fingerprint density at radius 3 is 2.49 bits per heavy atom. The number of amides is 2. The fourth-order valence-electron chi connectivity index (χ4n) is 3.92. The number of carbonyl (C=O) groups is 3. The Balaban J connectivity index is 2.61. The summed E-state index contributed by atoms with van der Waals surface area (Å²) in [6.07, 6.45) is 11.8. The molecule has 0 spiro atoms. The Bertz CT molecular complexity index is 893. The zero-order chi connectivity index (χ0) is 28.2. The second-order valence-corrected chi connectivity index (χ2v) is 11.1. The average molecular weight is 519 g/mol. The zero-order valence-corrected chi connectivity index (χ0v) is 23.7. The molecule has 0 aromatic carbocycles. The number of rotatable bonds is 13. The van der Waals surface area contributed by atoms with Gasteiger partial charge in [0.15, 0.2) is 5.76 Å². The molecule has 0 aromatic rings. The number of allylic oxidation sites excluding steroid dienone is 2. The standard InChI is InChI=1S/C29H46N2O6/c1-19(2)11-13-22(32)10-9-17-30-27(34)26(29(5,6)7)31-25(33)16-12-20(3)18-21(4)23-14-15-24(36-8)28(35)37-23/h9,11-12,15-17,20-23,26,32H,10,13-14,18H2,1-8H3,(H,30,34)(H,31,33)/b16-12-,17-9-/t20?,21-,22+,23-,26+/m0/s1. The van der Waals surface area contributed by atoms with Gasteiger partial charge in [-0.3, -0.25) is 9.59 Å². The smallest absolute Gasteiger partial charge is 0.373 e. The van der Waals surface area contributed by atoms with Gasteiger partial charge in [0.2, 0.25) is 11.8 Å². The Morgan fingerprint density at radius 2 is 1.92 bits per heavy atom. The van der Waals surface area contributed by atoms with Crippen molar-refractivity contribution in [3.05, 3.63) is 47.9 Å². The van der Waals surface area contributed by atoms with Gasteiger partial charge in [-0.25, -0.2) is 4.79 Å². The van der Waals surface area contributed by atoms with Gasteiger partial charge in [0.05, 0.1) is 13.2 Å². The van der Waals surface area contributed by atoms with E-state index in [2.05, 4.69) is 10.6 Å². The van der Waals surface area contributed by atoms with Crippen molar-refractivity contribution >= 4 is 17.8 Å². The molecule has 37 heavy (non-hydrogen) atoms. The molecule has 1 aliphatic rings. The minimum absolute atomic E-state index is 0.0647. The first-order valence-electron chi connectivity index (χ1n) is 12.9. The topological polar surface area (TPSA) is 114 Å². The van der Waals surface area contributed by atoms with Crippen LogP contribution in [-0.2, 0) is 23.9 Å². The molecule has 0 saturated carbocycles. The number of cyclic esters (lactones) is 1. The molecule has 1 unspecified atom stereocenters. The van der Waals surface area contributed by atoms with Crippen LogP contribution in [0.1, 0.15) is 74.1 Å². The van der Waals surface area contributed by atoms with Crippen LogP contribution in [0.4, 0.5) is 0 Å². The summed E-state index contributed by atoms with van der Waals surface area (Å²) in [7, 11) is 1.44. The van der Waals surface area contributed by atoms with E-state index in [4.69, 9.17) is 9.47 Å². The Labute approximate surface area is 222 Å². The van der Waals surface area contributed by atoms with E-state index in [9.17, 15) is 19.5 Å². The molecule has 0 saturated heterocycles. The van der Waals surface area contributed by atoms with E-state index in [1.807, 2.05) is 54.5 Å². The van der Waals surface area contributed by atoms with Gasteiger partial charge in [-0.05, 0) is 68.7 Å². The van der Waals surface area contributed by atoms with Crippen molar-refractivity contribution in [3.63, 3.8) is 0 Å². The molecule has 8 nitrogen and oxygen atoms in total. The van der Waals surface area contributed by atoms with Gasteiger partial charge in [-0.2, -0.15) is 0 Å². The minimum atomic E-state index is -0.748. The van der Waals surface area contributed by atoms with Crippen LogP contribution in [-0.4, -0.2) is 48.2 Å². The molecular weight excluding hydrogens is 472 g/mol. The van der Waals surface area contributed by atoms with E-state index < -0.39 is 23.5 Å². The Hall–Kier alpha value is -2.87. The maximum atomic E-state index is 12.8. The van der Waals surface area contributed by atoms with E-state index in [1.54, 1.807) is 18.2 Å². The van der Waals surface area contributed by atoms with Gasteiger partial charge in [-0.1, -0.05) is 58.4 Å². The Morgan fingerprint density at radius 1 is 1.24 bits per heavy atom. The van der Waals surface area contributed by atoms with Gasteiger partial charge in [-0.15, -0.1) is 0 Å². The highest BCUT2D eigenvalue weighted by atomic mass is 16.6. The lowest BCUT2D eigenvalue weighted by atomic mass is 9.86. The molecule has 5 atom stereocenters. The highest BCUT2D eigenvalue weighted by Crippen LogP contribution is 2.26. The number of hydrogen-bond acceptors (Lipinski definition) is 6. The lowest BCUT2D eigenvalue weighted by molar-refractivity contribution is -0.152. The molecular formula is C29H46N2O6. The number of ether oxygens (including phenoxy) is 2. The number of esters is 1. The third-order valence-corrected chi connectivity index (χ3v) is 6.13. The van der Waals surface area contributed by atoms with Crippen LogP contribution in [0.15, 0.2) is 47.9 Å². The van der Waals surface area contributed by atoms with Crippen molar-refractivity contribution < 1.29 is 29.0 Å². The summed E-state index contributed by atoms with van der Waals surface area (Å²) in [4.78, 5) is 37.3. The first-order valence-corrected chi connectivity index (χ1v) is 12.9. The molecule has 8 heteroatoms. The highest BCUT2D eigenvalue weighted by molar-refractivity contribution is 5.93. The lowest BCUT2D eigenvalue weighted by Gasteiger charge is -2.29. The summed E-state index contributed by atoms with van der Waals surface area (Å²) in [6, 6.07) is -0.748. The molecule has 208 valence electrons. The van der Waals surface area contributed by atoms with Crippen molar-refractivity contribution in [2.75, 3.05) is 7.11 Å². The molecule has 0 aliphatic carbocycles. The van der Waals surface area contributed by atoms with Crippen LogP contribution >= 0.6 is 0 Å². The van der Waals surface area contributed by atoms with Gasteiger partial charge >= 0.3 is 5.97 Å². The molecule has 3 N–H and O–H groups in total. The number of aliphatic hydroxyl groups is 1. The molecule has 1 heterocycles. The molecule has 0 bridgehead atoms. The molecule has 1 rings (SSSR count). The van der Waals surface area contributed by atoms with Gasteiger partial charge < -0.3 is 25.2 Å². The summed E-state index contributed by atoms with van der Waals surface area (Å²) >= 11 is 0. The number of aliphatic hydroxyl groups excluding tert-OH is 1. The van der Waals surface area contributed by atoms with Crippen molar-refractivity contribution in [2.45, 2.75) is 92.4 Å². The second kappa shape index (κ2) is 15.4. The van der Waals surface area contributed by atoms with Crippen molar-refractivity contribution in [3.8, 4) is 0 Å². The van der Waals surface area contributed by atoms with E-state index in [0.717, 1.165) is 12.0 Å². The van der Waals surface area contributed by atoms with Crippen LogP contribution in [0.3, 0.4) is 0 Å². The molecule has 2 amide bonds. The van der Waals surface area contributed by atoms with Crippen LogP contribution < -0.4 is 10.6 Å². The second-order valence-electron chi connectivity index (χ2n) is 11.1. The first kappa shape index (κ1) is 32.2. The Kier molecular flexibility index (Phi) is 13.4. The fraction of sp³-hybridized carbons (Fsp3) is 0.621. The predicted molar refractivity (Wildman–Crippen MR) is 145 cm³/mol. The van der Waals surface area contributed by atoms with Gasteiger partial charge in [0.1, 0.15) is 12.1 Å². The van der Waals surface area contributed by atoms with E-state index in [0.29, 0.717) is 19.3 Å². The van der Waals surface area contributed by atoms with Crippen molar-refractivity contribution in [1.29, 1.82) is 0 Å². The summed E-state index contributed by atoms with van der Waals surface area (Å²) in [5.41, 5.74) is 0.635. The quantitative estimate of drug-likeness (QED) is 0.190. The van der Waals surface area contributed by atoms with Gasteiger partial charge in [0, 0.05) is 6.42 Å². The summed E-state index contributed by atoms with van der Waals surface area (Å²) < 4.78 is 10.5. The highest BCUT2D eigenvalue weighted by Gasteiger charge is 2.32. The third-order valence-electron chi connectivity index (χ3n) is 6.13. The molecule has 0 aromatic heterocycles. The number of methoxy groups -OCH3 is 1. The van der Waals surface area contributed by atoms with Crippen molar-refractivity contribution in [2.24, 2.45) is 17.3 Å². The van der Waals surface area contributed by atoms with Crippen LogP contribution in [0.2, 0.25) is 0 Å². The first-order chi connectivity index (χ1) is 17.2. The summed E-state index contributed by atoms with van der Waals surface area (Å²) in [6.45, 7) is 13.6. The summed E-state index contributed by atoms with van der Waals surface area (Å²) in [5.74, 6) is -0.731. The summed E-state index contributed by atoms with van der Waals surface area (Å²) in [5, 5.41) is 15.5. The van der Waals surface area contributed by atoms with Crippen LogP contribution in [0, 0.1) is 17.3 Å². The largest absolute Gasteiger partial charge is 0.490 e. The number of hydrogen-bond donors (Lipinski definition) is 3. The maximum absolute atomic E-state index is 12.8. The van der Waals surface area contributed by atoms with Crippen LogP contribution in [0.5, 0.6) is 0 Å². The number of carbonyl (C=O) groups excluding carboxylic acids is 3. The molecule has 1 aliphatic heterocycles. The van der Waals surface area contributed by atoms with Crippen LogP contribution in [0.25, 0.3) is 0 Å². The lowest BCUT2D eigenvalue weighted by Crippen LogP contribution is -2.52. The molecule has 0 fully saturated rings. The number of nitrogens with one attached hydrogen (secondary N) is 2. The van der Waals surface area contributed by atoms with E-state index >= 15 is 0 Å². The minimum Gasteiger partial charge on any atom is -0.490 e. The maximum Gasteiger partial charge on any atom is 0.373 e. The third kappa shape index (κ3) is 12.3. The van der Waals surface area contributed by atoms with Gasteiger partial charge in [0.25, 0.3) is 0 Å². The van der Waals surface area contributed by atoms with Crippen molar-refractivity contribution in [1.82, 2.24) is 10.6 Å². The average Bonchev–Trinajstić information content (AvgIpc) is 2.81. The SMILES string of the molecule is COC1=CC[C@@H]([C@@H](C)CC(C)/C=C\C(=O)N[C@H](C(=O)N/C=C\C[C@@H](O)CC=C(C)C)C(C)(C)C)OC1=O. The van der Waals surface area contributed by atoms with E-state index in [1.165, 1.54) is 19.4 Å². The fourth-order valence-corrected chi connectivity index (χ4v) is 3.92. The molecule has 0 radical (unpaired) electrons. The van der Waals surface area contributed by atoms with E-state index in [-0.39, 0.29) is 35.5 Å². The monoisotopic (exact) mass is 518 g/mol. The zero-order valence-electron chi connectivity index (χ0n) is 23.7.